The number of furan rings is 1. The first-order valence-electron chi connectivity index (χ1n) is 11.3. The average Bonchev–Trinajstić information content (AvgIpc) is 3.39. The SMILES string of the molecule is Cc1cc2ccc(N/C(=C/[N+](=O)[O-])N[C@H]3CCCCN(CC(=O)N4CCCC4)C3=O)cc2o1. The number of hydrogen-bond donors (Lipinski definition) is 2. The van der Waals surface area contributed by atoms with Crippen LogP contribution in [0.3, 0.4) is 0 Å². The molecule has 0 spiro atoms. The van der Waals surface area contributed by atoms with E-state index in [9.17, 15) is 19.7 Å². The fourth-order valence-electron chi connectivity index (χ4n) is 4.42. The predicted molar refractivity (Wildman–Crippen MR) is 123 cm³/mol. The standard InChI is InChI=1S/C23H29N5O5/c1-16-12-17-7-8-18(13-20(17)33-16)24-21(14-28(31)32)25-19-6-2-3-11-27(23(19)30)15-22(29)26-9-4-5-10-26/h7-8,12-14,19,24-25H,2-6,9-11,15H2,1H3/b21-14-/t19-/m0/s1. The van der Waals surface area contributed by atoms with Gasteiger partial charge in [0.25, 0.3) is 6.20 Å². The van der Waals surface area contributed by atoms with Crippen molar-refractivity contribution in [1.29, 1.82) is 0 Å². The fraction of sp³-hybridized carbons (Fsp3) is 0.478. The van der Waals surface area contributed by atoms with Crippen molar-refractivity contribution in [2.24, 2.45) is 0 Å². The molecule has 1 aromatic heterocycles. The molecule has 0 unspecified atom stereocenters. The number of nitrogens with one attached hydrogen (secondary N) is 2. The Morgan fingerprint density at radius 1 is 1.21 bits per heavy atom. The number of nitrogens with zero attached hydrogens (tertiary/aromatic N) is 3. The summed E-state index contributed by atoms with van der Waals surface area (Å²) in [6, 6.07) is 6.66. The fourth-order valence-corrected chi connectivity index (χ4v) is 4.42. The van der Waals surface area contributed by atoms with Crippen LogP contribution >= 0.6 is 0 Å². The first-order valence-corrected chi connectivity index (χ1v) is 11.3. The van der Waals surface area contributed by atoms with Gasteiger partial charge in [-0.15, -0.1) is 0 Å². The summed E-state index contributed by atoms with van der Waals surface area (Å²) in [6.07, 6.45) is 4.90. The van der Waals surface area contributed by atoms with E-state index in [0.717, 1.165) is 56.1 Å². The Labute approximate surface area is 191 Å². The van der Waals surface area contributed by atoms with Crippen LogP contribution < -0.4 is 10.6 Å². The number of hydrogen-bond acceptors (Lipinski definition) is 7. The molecule has 176 valence electrons. The Hall–Kier alpha value is -3.56. The molecular formula is C23H29N5O5. The van der Waals surface area contributed by atoms with Gasteiger partial charge in [0.1, 0.15) is 17.4 Å². The van der Waals surface area contributed by atoms with Crippen LogP contribution in [0.15, 0.2) is 40.7 Å². The number of likely N-dealkylation sites (tertiary alicyclic amines) is 2. The predicted octanol–water partition coefficient (Wildman–Crippen LogP) is 2.82. The van der Waals surface area contributed by atoms with Gasteiger partial charge in [-0.3, -0.25) is 19.7 Å². The zero-order chi connectivity index (χ0) is 23.4. The summed E-state index contributed by atoms with van der Waals surface area (Å²) < 4.78 is 5.64. The molecule has 2 amide bonds. The Morgan fingerprint density at radius 3 is 2.73 bits per heavy atom. The summed E-state index contributed by atoms with van der Waals surface area (Å²) in [7, 11) is 0. The van der Waals surface area contributed by atoms with Gasteiger partial charge in [0, 0.05) is 36.8 Å². The summed E-state index contributed by atoms with van der Waals surface area (Å²) >= 11 is 0. The number of benzene rings is 1. The zero-order valence-corrected chi connectivity index (χ0v) is 18.7. The van der Waals surface area contributed by atoms with Crippen LogP contribution in [-0.2, 0) is 9.59 Å². The van der Waals surface area contributed by atoms with Crippen LogP contribution in [0.1, 0.15) is 37.9 Å². The monoisotopic (exact) mass is 455 g/mol. The third-order valence-corrected chi connectivity index (χ3v) is 6.05. The zero-order valence-electron chi connectivity index (χ0n) is 18.7. The normalized spacial score (nSPS) is 19.6. The molecule has 0 saturated carbocycles. The van der Waals surface area contributed by atoms with E-state index in [2.05, 4.69) is 10.6 Å². The molecule has 0 radical (unpaired) electrons. The lowest BCUT2D eigenvalue weighted by molar-refractivity contribution is -0.403. The van der Waals surface area contributed by atoms with E-state index < -0.39 is 11.0 Å². The molecule has 33 heavy (non-hydrogen) atoms. The molecule has 2 saturated heterocycles. The lowest BCUT2D eigenvalue weighted by Gasteiger charge is -2.27. The first-order chi connectivity index (χ1) is 15.9. The van der Waals surface area contributed by atoms with Crippen molar-refractivity contribution < 1.29 is 18.9 Å². The largest absolute Gasteiger partial charge is 0.461 e. The number of carbonyl (C=O) groups excluding carboxylic acids is 2. The molecule has 0 aliphatic carbocycles. The maximum Gasteiger partial charge on any atom is 0.274 e. The van der Waals surface area contributed by atoms with Crippen molar-refractivity contribution in [2.75, 3.05) is 31.5 Å². The number of rotatable bonds is 7. The highest BCUT2D eigenvalue weighted by Gasteiger charge is 2.30. The van der Waals surface area contributed by atoms with E-state index in [4.69, 9.17) is 4.42 Å². The van der Waals surface area contributed by atoms with Crippen molar-refractivity contribution in [3.8, 4) is 0 Å². The molecule has 10 heteroatoms. The van der Waals surface area contributed by atoms with Crippen LogP contribution in [-0.4, -0.2) is 58.8 Å². The topological polar surface area (TPSA) is 121 Å². The van der Waals surface area contributed by atoms with Gasteiger partial charge < -0.3 is 24.9 Å². The Bertz CT molecular complexity index is 1070. The second-order valence-electron chi connectivity index (χ2n) is 8.60. The third kappa shape index (κ3) is 5.63. The van der Waals surface area contributed by atoms with Gasteiger partial charge in [-0.1, -0.05) is 0 Å². The van der Waals surface area contributed by atoms with Gasteiger partial charge >= 0.3 is 0 Å². The maximum atomic E-state index is 13.2. The molecule has 2 N–H and O–H groups in total. The number of fused-ring (bicyclic) bond motifs is 1. The quantitative estimate of drug-likeness (QED) is 0.486. The van der Waals surface area contributed by atoms with E-state index in [0.29, 0.717) is 24.2 Å². The first kappa shape index (κ1) is 22.6. The summed E-state index contributed by atoms with van der Waals surface area (Å²) in [4.78, 5) is 39.8. The van der Waals surface area contributed by atoms with Crippen molar-refractivity contribution in [1.82, 2.24) is 15.1 Å². The highest BCUT2D eigenvalue weighted by Crippen LogP contribution is 2.23. The molecule has 2 aromatic rings. The highest BCUT2D eigenvalue weighted by atomic mass is 16.6. The van der Waals surface area contributed by atoms with E-state index >= 15 is 0 Å². The van der Waals surface area contributed by atoms with Gasteiger partial charge in [0.15, 0.2) is 5.82 Å². The number of nitro groups is 1. The van der Waals surface area contributed by atoms with Crippen molar-refractivity contribution in [3.63, 3.8) is 0 Å². The van der Waals surface area contributed by atoms with Gasteiger partial charge in [0.05, 0.1) is 11.5 Å². The molecule has 1 atom stereocenters. The minimum absolute atomic E-state index is 0.0391. The molecule has 4 rings (SSSR count). The molecule has 10 nitrogen and oxygen atoms in total. The minimum Gasteiger partial charge on any atom is -0.461 e. The van der Waals surface area contributed by atoms with Crippen molar-refractivity contribution in [2.45, 2.75) is 45.1 Å². The van der Waals surface area contributed by atoms with E-state index in [-0.39, 0.29) is 24.2 Å². The molecule has 2 aliphatic heterocycles. The molecule has 1 aromatic carbocycles. The lowest BCUT2D eigenvalue weighted by Crippen LogP contribution is -2.49. The Balaban J connectivity index is 1.47. The number of aryl methyl sites for hydroxylation is 1. The highest BCUT2D eigenvalue weighted by molar-refractivity contribution is 5.88. The van der Waals surface area contributed by atoms with Crippen molar-refractivity contribution >= 4 is 28.5 Å². The minimum atomic E-state index is -0.660. The average molecular weight is 456 g/mol. The second kappa shape index (κ2) is 9.93. The van der Waals surface area contributed by atoms with E-state index in [1.165, 1.54) is 0 Å². The van der Waals surface area contributed by atoms with Crippen LogP contribution in [0.5, 0.6) is 0 Å². The van der Waals surface area contributed by atoms with Crippen LogP contribution in [0, 0.1) is 17.0 Å². The number of amides is 2. The van der Waals surface area contributed by atoms with Crippen molar-refractivity contribution in [3.05, 3.63) is 52.2 Å². The lowest BCUT2D eigenvalue weighted by atomic mass is 10.1. The third-order valence-electron chi connectivity index (χ3n) is 6.05. The summed E-state index contributed by atoms with van der Waals surface area (Å²) in [5.74, 6) is 0.624. The van der Waals surface area contributed by atoms with Crippen LogP contribution in [0.4, 0.5) is 5.69 Å². The maximum absolute atomic E-state index is 13.2. The number of carbonyl (C=O) groups is 2. The molecular weight excluding hydrogens is 426 g/mol. The Morgan fingerprint density at radius 2 is 1.97 bits per heavy atom. The number of anilines is 1. The van der Waals surface area contributed by atoms with Gasteiger partial charge in [0.2, 0.25) is 11.8 Å². The molecule has 0 bridgehead atoms. The molecule has 2 fully saturated rings. The van der Waals surface area contributed by atoms with Gasteiger partial charge in [-0.2, -0.15) is 0 Å². The van der Waals surface area contributed by atoms with Gasteiger partial charge in [-0.05, 0) is 57.2 Å². The smallest absolute Gasteiger partial charge is 0.274 e. The summed E-state index contributed by atoms with van der Waals surface area (Å²) in [5.41, 5.74) is 1.26. The van der Waals surface area contributed by atoms with Gasteiger partial charge in [-0.25, -0.2) is 0 Å². The molecule has 2 aliphatic rings. The summed E-state index contributed by atoms with van der Waals surface area (Å²) in [5, 5.41) is 18.2. The van der Waals surface area contributed by atoms with Crippen LogP contribution in [0.2, 0.25) is 0 Å². The second-order valence-corrected chi connectivity index (χ2v) is 8.60. The van der Waals surface area contributed by atoms with Crippen LogP contribution in [0.25, 0.3) is 11.0 Å². The summed E-state index contributed by atoms with van der Waals surface area (Å²) in [6.45, 7) is 3.88. The van der Waals surface area contributed by atoms with E-state index in [1.54, 1.807) is 21.9 Å². The van der Waals surface area contributed by atoms with E-state index in [1.807, 2.05) is 19.1 Å². The molecule has 3 heterocycles. The Kier molecular flexibility index (Phi) is 6.81.